The Morgan fingerprint density at radius 3 is 2.52 bits per heavy atom. The zero-order valence-corrected chi connectivity index (χ0v) is 10.7. The Morgan fingerprint density at radius 2 is 2.00 bits per heavy atom. The molecule has 2 aromatic rings. The Labute approximate surface area is 117 Å². The molecule has 0 unspecified atom stereocenters. The molecule has 0 fully saturated rings. The van der Waals surface area contributed by atoms with Gasteiger partial charge in [0.1, 0.15) is 0 Å². The maximum absolute atomic E-state index is 13.6. The molecule has 0 aliphatic rings. The predicted molar refractivity (Wildman–Crippen MR) is 67.3 cm³/mol. The van der Waals surface area contributed by atoms with Crippen LogP contribution >= 0.6 is 0 Å². The summed E-state index contributed by atoms with van der Waals surface area (Å²) in [4.78, 5) is 24.2. The molecule has 0 aliphatic carbocycles. The number of pyridine rings is 1. The maximum atomic E-state index is 13.6. The molecule has 0 radical (unpaired) electrons. The molecule has 2 rings (SSSR count). The molecule has 0 N–H and O–H groups in total. The molecule has 0 bridgehead atoms. The van der Waals surface area contributed by atoms with E-state index in [0.717, 1.165) is 0 Å². The standard InChI is InChI=1S/C13H8F2N2O4/c1-7(18)8-2-3-13(16-6-8)21-12-5-9(14)11(17(19)20)4-10(12)15/h2-6H,1H3. The summed E-state index contributed by atoms with van der Waals surface area (Å²) in [6.07, 6.45) is 1.22. The van der Waals surface area contributed by atoms with E-state index in [0.29, 0.717) is 17.7 Å². The number of carbonyl (C=O) groups excluding carboxylic acids is 1. The van der Waals surface area contributed by atoms with Crippen molar-refractivity contribution in [1.82, 2.24) is 4.98 Å². The highest BCUT2D eigenvalue weighted by Gasteiger charge is 2.20. The summed E-state index contributed by atoms with van der Waals surface area (Å²) in [5, 5.41) is 10.5. The number of nitro benzene ring substituents is 1. The average molecular weight is 294 g/mol. The number of ether oxygens (including phenoxy) is 1. The number of halogens is 2. The maximum Gasteiger partial charge on any atom is 0.307 e. The van der Waals surface area contributed by atoms with Crippen LogP contribution < -0.4 is 4.74 Å². The number of carbonyl (C=O) groups is 1. The summed E-state index contributed by atoms with van der Waals surface area (Å²) < 4.78 is 32.0. The van der Waals surface area contributed by atoms with Crippen LogP contribution in [0.25, 0.3) is 0 Å². The molecular formula is C13H8F2N2O4. The first-order valence-corrected chi connectivity index (χ1v) is 5.66. The van der Waals surface area contributed by atoms with E-state index < -0.39 is 28.0 Å². The topological polar surface area (TPSA) is 82.3 Å². The van der Waals surface area contributed by atoms with Gasteiger partial charge < -0.3 is 4.74 Å². The number of Topliss-reactive ketones (excluding diaryl/α,β-unsaturated/α-hetero) is 1. The highest BCUT2D eigenvalue weighted by molar-refractivity contribution is 5.93. The van der Waals surface area contributed by atoms with E-state index in [9.17, 15) is 23.7 Å². The zero-order valence-electron chi connectivity index (χ0n) is 10.7. The van der Waals surface area contributed by atoms with Gasteiger partial charge in [0, 0.05) is 23.9 Å². The third kappa shape index (κ3) is 3.16. The fourth-order valence-electron chi connectivity index (χ4n) is 1.50. The van der Waals surface area contributed by atoms with Gasteiger partial charge in [-0.25, -0.2) is 9.37 Å². The minimum Gasteiger partial charge on any atom is -0.436 e. The molecular weight excluding hydrogens is 286 g/mol. The minimum atomic E-state index is -1.23. The highest BCUT2D eigenvalue weighted by Crippen LogP contribution is 2.29. The SMILES string of the molecule is CC(=O)c1ccc(Oc2cc(F)c([N+](=O)[O-])cc2F)nc1. The molecule has 0 spiro atoms. The third-order valence-corrected chi connectivity index (χ3v) is 2.56. The van der Waals surface area contributed by atoms with E-state index in [4.69, 9.17) is 4.74 Å². The van der Waals surface area contributed by atoms with E-state index in [1.54, 1.807) is 0 Å². The molecule has 6 nitrogen and oxygen atoms in total. The van der Waals surface area contributed by atoms with Crippen molar-refractivity contribution < 1.29 is 23.2 Å². The predicted octanol–water partition coefficient (Wildman–Crippen LogP) is 3.26. The van der Waals surface area contributed by atoms with Crippen molar-refractivity contribution in [3.05, 3.63) is 57.8 Å². The molecule has 8 heteroatoms. The summed E-state index contributed by atoms with van der Waals surface area (Å²) >= 11 is 0. The van der Waals surface area contributed by atoms with E-state index >= 15 is 0 Å². The second kappa shape index (κ2) is 5.61. The number of nitro groups is 1. The fraction of sp³-hybridized carbons (Fsp3) is 0.0769. The molecule has 1 heterocycles. The molecule has 0 saturated heterocycles. The van der Waals surface area contributed by atoms with Crippen molar-refractivity contribution in [2.45, 2.75) is 6.92 Å². The summed E-state index contributed by atoms with van der Waals surface area (Å²) in [6, 6.07) is 3.70. The third-order valence-electron chi connectivity index (χ3n) is 2.56. The quantitative estimate of drug-likeness (QED) is 0.491. The van der Waals surface area contributed by atoms with Crippen LogP contribution in [0, 0.1) is 21.7 Å². The lowest BCUT2D eigenvalue weighted by atomic mass is 10.2. The van der Waals surface area contributed by atoms with Crippen molar-refractivity contribution in [3.8, 4) is 11.6 Å². The Morgan fingerprint density at radius 1 is 1.29 bits per heavy atom. The first kappa shape index (κ1) is 14.5. The van der Waals surface area contributed by atoms with Crippen molar-refractivity contribution in [2.24, 2.45) is 0 Å². The van der Waals surface area contributed by atoms with Gasteiger partial charge in [-0.2, -0.15) is 4.39 Å². The molecule has 1 aromatic carbocycles. The van der Waals surface area contributed by atoms with Gasteiger partial charge in [-0.15, -0.1) is 0 Å². The molecule has 108 valence electrons. The van der Waals surface area contributed by atoms with Crippen LogP contribution in [0.5, 0.6) is 11.6 Å². The Hall–Kier alpha value is -2.90. The van der Waals surface area contributed by atoms with Crippen LogP contribution in [0.4, 0.5) is 14.5 Å². The van der Waals surface area contributed by atoms with Crippen LogP contribution in [0.3, 0.4) is 0 Å². The lowest BCUT2D eigenvalue weighted by Crippen LogP contribution is -1.98. The lowest BCUT2D eigenvalue weighted by Gasteiger charge is -2.06. The summed E-state index contributed by atoms with van der Waals surface area (Å²) in [7, 11) is 0. The Kier molecular flexibility index (Phi) is 3.88. The van der Waals surface area contributed by atoms with Crippen molar-refractivity contribution >= 4 is 11.5 Å². The van der Waals surface area contributed by atoms with E-state index in [1.165, 1.54) is 25.3 Å². The first-order chi connectivity index (χ1) is 9.88. The van der Waals surface area contributed by atoms with Crippen molar-refractivity contribution in [3.63, 3.8) is 0 Å². The van der Waals surface area contributed by atoms with Gasteiger partial charge in [0.2, 0.25) is 11.7 Å². The van der Waals surface area contributed by atoms with Crippen LogP contribution in [0.15, 0.2) is 30.5 Å². The van der Waals surface area contributed by atoms with E-state index in [1.807, 2.05) is 0 Å². The van der Waals surface area contributed by atoms with Gasteiger partial charge in [0.15, 0.2) is 17.3 Å². The minimum absolute atomic E-state index is 0.0767. The summed E-state index contributed by atoms with van der Waals surface area (Å²) in [5.41, 5.74) is -0.655. The molecule has 21 heavy (non-hydrogen) atoms. The van der Waals surface area contributed by atoms with Gasteiger partial charge in [0.05, 0.1) is 11.0 Å². The van der Waals surface area contributed by atoms with Gasteiger partial charge in [0.25, 0.3) is 0 Å². The Balaban J connectivity index is 2.29. The molecule has 0 saturated carbocycles. The van der Waals surface area contributed by atoms with Crippen molar-refractivity contribution in [2.75, 3.05) is 0 Å². The second-order valence-corrected chi connectivity index (χ2v) is 4.03. The van der Waals surface area contributed by atoms with Gasteiger partial charge in [-0.3, -0.25) is 14.9 Å². The van der Waals surface area contributed by atoms with E-state index in [-0.39, 0.29) is 11.7 Å². The van der Waals surface area contributed by atoms with Crippen LogP contribution in [-0.4, -0.2) is 15.7 Å². The van der Waals surface area contributed by atoms with Crippen LogP contribution in [0.1, 0.15) is 17.3 Å². The molecule has 0 atom stereocenters. The van der Waals surface area contributed by atoms with E-state index in [2.05, 4.69) is 4.98 Å². The fourth-order valence-corrected chi connectivity index (χ4v) is 1.50. The summed E-state index contributed by atoms with van der Waals surface area (Å²) in [5.74, 6) is -3.15. The van der Waals surface area contributed by atoms with Gasteiger partial charge in [-0.05, 0) is 13.0 Å². The zero-order chi connectivity index (χ0) is 15.6. The number of hydrogen-bond donors (Lipinski definition) is 0. The first-order valence-electron chi connectivity index (χ1n) is 5.66. The van der Waals surface area contributed by atoms with Gasteiger partial charge >= 0.3 is 5.69 Å². The van der Waals surface area contributed by atoms with Crippen LogP contribution in [-0.2, 0) is 0 Å². The monoisotopic (exact) mass is 294 g/mol. The smallest absolute Gasteiger partial charge is 0.307 e. The van der Waals surface area contributed by atoms with Gasteiger partial charge in [-0.1, -0.05) is 0 Å². The molecule has 0 aliphatic heterocycles. The molecule has 0 amide bonds. The molecule has 1 aromatic heterocycles. The number of benzene rings is 1. The lowest BCUT2D eigenvalue weighted by molar-refractivity contribution is -0.387. The van der Waals surface area contributed by atoms with Crippen molar-refractivity contribution in [1.29, 1.82) is 0 Å². The second-order valence-electron chi connectivity index (χ2n) is 4.03. The number of aromatic nitrogens is 1. The Bertz CT molecular complexity index is 717. The number of ketones is 1. The normalized spacial score (nSPS) is 10.2. The number of hydrogen-bond acceptors (Lipinski definition) is 5. The average Bonchev–Trinajstić information content (AvgIpc) is 2.42. The van der Waals surface area contributed by atoms with Crippen LogP contribution in [0.2, 0.25) is 0 Å². The number of rotatable bonds is 4. The number of nitrogens with zero attached hydrogens (tertiary/aromatic N) is 2. The highest BCUT2D eigenvalue weighted by atomic mass is 19.1. The summed E-state index contributed by atoms with van der Waals surface area (Å²) in [6.45, 7) is 1.35. The largest absolute Gasteiger partial charge is 0.436 e.